The number of anilines is 1. The number of benzene rings is 1. The van der Waals surface area contributed by atoms with E-state index in [-0.39, 0.29) is 24.0 Å². The number of piperidine rings is 1. The molecule has 156 valence electrons. The van der Waals surface area contributed by atoms with Gasteiger partial charge in [-0.3, -0.25) is 4.79 Å². The minimum atomic E-state index is 0.0723. The number of hydrogen-bond acceptors (Lipinski definition) is 5. The van der Waals surface area contributed by atoms with Gasteiger partial charge in [0.15, 0.2) is 0 Å². The molecule has 1 N–H and O–H groups in total. The zero-order valence-corrected chi connectivity index (χ0v) is 17.4. The average molecular weight is 391 g/mol. The van der Waals surface area contributed by atoms with E-state index in [1.54, 1.807) is 7.11 Å². The average Bonchev–Trinajstić information content (AvgIpc) is 2.94. The second-order valence-electron chi connectivity index (χ2n) is 8.69. The first-order chi connectivity index (χ1) is 13.4. The van der Waals surface area contributed by atoms with Crippen molar-refractivity contribution in [3.8, 4) is 5.75 Å². The Morgan fingerprint density at radius 3 is 2.61 bits per heavy atom. The topological polar surface area (TPSA) is 62.2 Å². The van der Waals surface area contributed by atoms with Crippen LogP contribution in [-0.4, -0.2) is 68.5 Å². The summed E-state index contributed by atoms with van der Waals surface area (Å²) >= 11 is 0. The van der Waals surface area contributed by atoms with Crippen LogP contribution in [-0.2, 0) is 9.53 Å². The summed E-state index contributed by atoms with van der Waals surface area (Å²) in [4.78, 5) is 17.1. The highest BCUT2D eigenvalue weighted by Crippen LogP contribution is 2.43. The van der Waals surface area contributed by atoms with Crippen LogP contribution in [0, 0.1) is 11.3 Å². The third-order valence-corrected chi connectivity index (χ3v) is 6.05. The maximum atomic E-state index is 12.6. The van der Waals surface area contributed by atoms with Gasteiger partial charge in [0.1, 0.15) is 12.4 Å². The molecular weight excluding hydrogens is 356 g/mol. The maximum Gasteiger partial charge on any atom is 0.222 e. The summed E-state index contributed by atoms with van der Waals surface area (Å²) in [5, 5.41) is 9.05. The van der Waals surface area contributed by atoms with E-state index in [1.165, 1.54) is 5.69 Å². The molecule has 1 unspecified atom stereocenters. The molecule has 0 spiro atoms. The number of amides is 1. The van der Waals surface area contributed by atoms with E-state index < -0.39 is 0 Å². The number of aliphatic hydroxyl groups excluding tert-OH is 1. The van der Waals surface area contributed by atoms with Crippen molar-refractivity contribution in [2.24, 2.45) is 11.3 Å². The molecule has 0 aliphatic carbocycles. The zero-order valence-electron chi connectivity index (χ0n) is 17.4. The van der Waals surface area contributed by atoms with E-state index in [4.69, 9.17) is 14.6 Å². The first-order valence-corrected chi connectivity index (χ1v) is 10.3. The smallest absolute Gasteiger partial charge is 0.222 e. The van der Waals surface area contributed by atoms with Crippen molar-refractivity contribution in [1.29, 1.82) is 0 Å². The summed E-state index contributed by atoms with van der Waals surface area (Å²) in [6.07, 6.45) is 2.11. The van der Waals surface area contributed by atoms with Crippen LogP contribution in [0.25, 0.3) is 0 Å². The highest BCUT2D eigenvalue weighted by atomic mass is 16.5. The minimum absolute atomic E-state index is 0.0723. The number of fused-ring (bicyclic) bond motifs is 4. The van der Waals surface area contributed by atoms with Gasteiger partial charge in [0.05, 0.1) is 12.6 Å². The van der Waals surface area contributed by atoms with Crippen LogP contribution < -0.4 is 9.64 Å². The molecule has 3 aliphatic heterocycles. The van der Waals surface area contributed by atoms with E-state index in [2.05, 4.69) is 30.9 Å². The summed E-state index contributed by atoms with van der Waals surface area (Å²) < 4.78 is 10.7. The Morgan fingerprint density at radius 2 is 1.93 bits per heavy atom. The van der Waals surface area contributed by atoms with Gasteiger partial charge in [-0.25, -0.2) is 0 Å². The lowest BCUT2D eigenvalue weighted by atomic mass is 9.73. The monoisotopic (exact) mass is 390 g/mol. The quantitative estimate of drug-likeness (QED) is 0.691. The van der Waals surface area contributed by atoms with Crippen LogP contribution in [0.15, 0.2) is 24.3 Å². The van der Waals surface area contributed by atoms with E-state index >= 15 is 0 Å². The van der Waals surface area contributed by atoms with Crippen molar-refractivity contribution < 1.29 is 19.4 Å². The van der Waals surface area contributed by atoms with Crippen LogP contribution in [0.3, 0.4) is 0 Å². The van der Waals surface area contributed by atoms with Gasteiger partial charge in [-0.15, -0.1) is 0 Å². The number of carbonyl (C=O) groups is 1. The molecule has 3 saturated heterocycles. The van der Waals surface area contributed by atoms with Crippen molar-refractivity contribution in [3.63, 3.8) is 0 Å². The lowest BCUT2D eigenvalue weighted by Gasteiger charge is -2.48. The van der Waals surface area contributed by atoms with Crippen molar-refractivity contribution >= 4 is 11.6 Å². The van der Waals surface area contributed by atoms with E-state index in [1.807, 2.05) is 17.0 Å². The maximum absolute atomic E-state index is 12.6. The Bertz CT molecular complexity index is 646. The number of aliphatic hydroxyl groups is 1. The van der Waals surface area contributed by atoms with Crippen LogP contribution in [0.5, 0.6) is 5.75 Å². The fourth-order valence-corrected chi connectivity index (χ4v) is 4.69. The van der Waals surface area contributed by atoms with Crippen molar-refractivity contribution in [2.45, 2.75) is 39.2 Å². The molecule has 1 amide bonds. The highest BCUT2D eigenvalue weighted by Gasteiger charge is 2.46. The van der Waals surface area contributed by atoms with Crippen molar-refractivity contribution in [2.75, 3.05) is 51.5 Å². The molecule has 1 aromatic rings. The molecule has 4 rings (SSSR count). The number of methoxy groups -OCH3 is 1. The molecule has 28 heavy (non-hydrogen) atoms. The SMILES string of the molecule is COCCOc1ccc(N2CC3CN(C(=O)CCCO)C[C@@H]2C(C)(C)C3)cc1. The number of hydrogen-bond donors (Lipinski definition) is 1. The van der Waals surface area contributed by atoms with Crippen LogP contribution in [0.2, 0.25) is 0 Å². The fraction of sp³-hybridized carbons (Fsp3) is 0.682. The summed E-state index contributed by atoms with van der Waals surface area (Å²) in [6.45, 7) is 8.37. The van der Waals surface area contributed by atoms with E-state index in [9.17, 15) is 4.79 Å². The van der Waals surface area contributed by atoms with Gasteiger partial charge < -0.3 is 24.4 Å². The first kappa shape index (κ1) is 20.9. The Balaban J connectivity index is 1.74. The molecule has 6 nitrogen and oxygen atoms in total. The molecular formula is C22H34N2O4. The first-order valence-electron chi connectivity index (χ1n) is 10.3. The minimum Gasteiger partial charge on any atom is -0.491 e. The molecule has 3 heterocycles. The van der Waals surface area contributed by atoms with Gasteiger partial charge in [0, 0.05) is 45.5 Å². The highest BCUT2D eigenvalue weighted by molar-refractivity contribution is 5.76. The summed E-state index contributed by atoms with van der Waals surface area (Å²) in [5.74, 6) is 1.48. The Kier molecular flexibility index (Phi) is 6.83. The van der Waals surface area contributed by atoms with Gasteiger partial charge in [-0.1, -0.05) is 13.8 Å². The van der Waals surface area contributed by atoms with Crippen LogP contribution in [0.1, 0.15) is 33.1 Å². The molecule has 2 bridgehead atoms. The second kappa shape index (κ2) is 9.14. The second-order valence-corrected chi connectivity index (χ2v) is 8.69. The molecule has 0 saturated carbocycles. The van der Waals surface area contributed by atoms with Gasteiger partial charge in [0.25, 0.3) is 0 Å². The van der Waals surface area contributed by atoms with Crippen molar-refractivity contribution in [3.05, 3.63) is 24.3 Å². The molecule has 6 heteroatoms. The van der Waals surface area contributed by atoms with E-state index in [0.29, 0.717) is 32.0 Å². The third-order valence-electron chi connectivity index (χ3n) is 6.05. The lowest BCUT2D eigenvalue weighted by Crippen LogP contribution is -2.54. The van der Waals surface area contributed by atoms with Gasteiger partial charge >= 0.3 is 0 Å². The zero-order chi connectivity index (χ0) is 20.1. The summed E-state index contributed by atoms with van der Waals surface area (Å²) in [6, 6.07) is 8.55. The number of carbonyl (C=O) groups excluding carboxylic acids is 1. The Morgan fingerprint density at radius 1 is 1.18 bits per heavy atom. The van der Waals surface area contributed by atoms with Crippen LogP contribution in [0.4, 0.5) is 5.69 Å². The molecule has 0 radical (unpaired) electrons. The van der Waals surface area contributed by atoms with Gasteiger partial charge in [-0.05, 0) is 48.4 Å². The number of rotatable bonds is 8. The van der Waals surface area contributed by atoms with E-state index in [0.717, 1.165) is 31.8 Å². The van der Waals surface area contributed by atoms with Gasteiger partial charge in [-0.2, -0.15) is 0 Å². The number of ether oxygens (including phenoxy) is 2. The lowest BCUT2D eigenvalue weighted by molar-refractivity contribution is -0.131. The van der Waals surface area contributed by atoms with Crippen molar-refractivity contribution in [1.82, 2.24) is 4.90 Å². The fourth-order valence-electron chi connectivity index (χ4n) is 4.69. The molecule has 2 atom stereocenters. The molecule has 3 aliphatic rings. The summed E-state index contributed by atoms with van der Waals surface area (Å²) in [5.41, 5.74) is 1.33. The third kappa shape index (κ3) is 4.78. The molecule has 3 fully saturated rings. The predicted molar refractivity (Wildman–Crippen MR) is 110 cm³/mol. The largest absolute Gasteiger partial charge is 0.491 e. The normalized spacial score (nSPS) is 23.6. The summed E-state index contributed by atoms with van der Waals surface area (Å²) in [7, 11) is 1.67. The predicted octanol–water partition coefficient (Wildman–Crippen LogP) is 2.55. The molecule has 0 aromatic heterocycles. The van der Waals surface area contributed by atoms with Crippen LogP contribution >= 0.6 is 0 Å². The van der Waals surface area contributed by atoms with Gasteiger partial charge in [0.2, 0.25) is 5.91 Å². The Labute approximate surface area is 168 Å². The Hall–Kier alpha value is -1.79. The standard InChI is InChI=1S/C22H34N2O4/c1-22(2)13-17-14-23(21(26)5-4-10-25)16-20(22)24(15-17)18-6-8-19(9-7-18)28-12-11-27-3/h6-9,17,20,25H,4-5,10-16H2,1-3H3/t17?,20-/m1/s1. The molecule has 1 aromatic carbocycles. The number of nitrogens with zero attached hydrogens (tertiary/aromatic N) is 2.